The van der Waals surface area contributed by atoms with Crippen LogP contribution in [0.4, 0.5) is 0 Å². The van der Waals surface area contributed by atoms with Gasteiger partial charge in [0.05, 0.1) is 46.1 Å². The van der Waals surface area contributed by atoms with E-state index < -0.39 is 73.4 Å². The van der Waals surface area contributed by atoms with E-state index in [9.17, 15) is 34.5 Å². The van der Waals surface area contributed by atoms with E-state index >= 15 is 0 Å². The predicted molar refractivity (Wildman–Crippen MR) is 105 cm³/mol. The average Bonchev–Trinajstić information content (AvgIpc) is 2.75. The number of nitrogens with one attached hydrogen (secondary N) is 1. The average molecular weight is 464 g/mol. The van der Waals surface area contributed by atoms with Gasteiger partial charge in [0, 0.05) is 6.92 Å². The lowest BCUT2D eigenvalue weighted by Gasteiger charge is -2.42. The molecule has 15 heteroatoms. The summed E-state index contributed by atoms with van der Waals surface area (Å²) < 4.78 is 12.8. The zero-order chi connectivity index (χ0) is 24.0. The van der Waals surface area contributed by atoms with Crippen molar-refractivity contribution in [1.29, 1.82) is 0 Å². The van der Waals surface area contributed by atoms with Gasteiger partial charge in [-0.15, -0.1) is 0 Å². The van der Waals surface area contributed by atoms with Crippen molar-refractivity contribution in [3.05, 3.63) is 31.5 Å². The second-order valence-electron chi connectivity index (χ2n) is 7.05. The number of ether oxygens (including phenoxy) is 2. The van der Waals surface area contributed by atoms with Crippen molar-refractivity contribution in [2.45, 2.75) is 57.2 Å². The number of aromatic nitrogens is 3. The maximum Gasteiger partial charge on any atom is 0.336 e. The summed E-state index contributed by atoms with van der Waals surface area (Å²) in [5.41, 5.74) is -2.98. The summed E-state index contributed by atoms with van der Waals surface area (Å²) in [4.78, 5) is 48.8. The highest BCUT2D eigenvalue weighted by Crippen LogP contribution is 2.22. The third-order valence-corrected chi connectivity index (χ3v) is 4.88. The lowest BCUT2D eigenvalue weighted by atomic mass is 9.97. The van der Waals surface area contributed by atoms with Crippen molar-refractivity contribution in [1.82, 2.24) is 19.0 Å². The van der Waals surface area contributed by atoms with Crippen LogP contribution in [0.5, 0.6) is 0 Å². The second kappa shape index (κ2) is 11.5. The summed E-state index contributed by atoms with van der Waals surface area (Å²) in [6.45, 7) is -2.06. The Bertz CT molecular complexity index is 911. The number of nitrogens with zero attached hydrogens (tertiary/aromatic N) is 3. The van der Waals surface area contributed by atoms with E-state index in [4.69, 9.17) is 19.7 Å². The van der Waals surface area contributed by atoms with Gasteiger partial charge in [-0.2, -0.15) is 0 Å². The molecular weight excluding hydrogens is 436 g/mol. The molecule has 182 valence electrons. The van der Waals surface area contributed by atoms with Crippen LogP contribution >= 0.6 is 0 Å². The maximum atomic E-state index is 12.5. The highest BCUT2D eigenvalue weighted by molar-refractivity contribution is 5.73. The molecule has 0 aliphatic carbocycles. The Kier molecular flexibility index (Phi) is 9.26. The van der Waals surface area contributed by atoms with Crippen LogP contribution in [0.3, 0.4) is 0 Å². The molecule has 0 radical (unpaired) electrons. The van der Waals surface area contributed by atoms with E-state index in [1.54, 1.807) is 0 Å². The molecule has 1 amide bonds. The van der Waals surface area contributed by atoms with Gasteiger partial charge in [0.25, 0.3) is 0 Å². The molecule has 0 bridgehead atoms. The molecule has 1 aromatic heterocycles. The number of amides is 1. The molecule has 1 aromatic rings. The molecule has 32 heavy (non-hydrogen) atoms. The van der Waals surface area contributed by atoms with Crippen molar-refractivity contribution < 1.29 is 39.8 Å². The molecule has 2 heterocycles. The van der Waals surface area contributed by atoms with E-state index in [0.717, 1.165) is 0 Å². The Morgan fingerprint density at radius 1 is 0.938 bits per heavy atom. The van der Waals surface area contributed by atoms with Crippen LogP contribution in [0.25, 0.3) is 0 Å². The number of hydrogen-bond donors (Lipinski definition) is 6. The molecule has 1 saturated heterocycles. The quantitative estimate of drug-likeness (QED) is 0.192. The Labute approximate surface area is 180 Å². The summed E-state index contributed by atoms with van der Waals surface area (Å²) in [6, 6.07) is -1.21. The maximum absolute atomic E-state index is 12.5. The smallest absolute Gasteiger partial charge is 0.336 e. The Hall–Kier alpha value is -2.40. The minimum Gasteiger partial charge on any atom is -0.395 e. The van der Waals surface area contributed by atoms with Crippen LogP contribution in [-0.2, 0) is 33.9 Å². The van der Waals surface area contributed by atoms with Crippen LogP contribution in [0.15, 0.2) is 14.4 Å². The fourth-order valence-electron chi connectivity index (χ4n) is 3.33. The monoisotopic (exact) mass is 464 g/mol. The predicted octanol–water partition coefficient (Wildman–Crippen LogP) is -5.88. The van der Waals surface area contributed by atoms with Gasteiger partial charge in [-0.25, -0.2) is 28.1 Å². The summed E-state index contributed by atoms with van der Waals surface area (Å²) in [7, 11) is 0. The summed E-state index contributed by atoms with van der Waals surface area (Å²) in [6.07, 6.45) is -5.60. The van der Waals surface area contributed by atoms with Gasteiger partial charge >= 0.3 is 17.1 Å². The third kappa shape index (κ3) is 5.50. The molecular formula is C17H28N4O11. The molecule has 1 fully saturated rings. The van der Waals surface area contributed by atoms with Crippen molar-refractivity contribution in [2.24, 2.45) is 0 Å². The molecule has 0 aromatic carbocycles. The largest absolute Gasteiger partial charge is 0.395 e. The van der Waals surface area contributed by atoms with Gasteiger partial charge in [0.1, 0.15) is 24.4 Å². The zero-order valence-electron chi connectivity index (χ0n) is 17.4. The first-order valence-corrected chi connectivity index (χ1v) is 9.85. The minimum atomic E-state index is -1.54. The van der Waals surface area contributed by atoms with E-state index in [-0.39, 0.29) is 26.2 Å². The first-order valence-electron chi connectivity index (χ1n) is 9.85. The Morgan fingerprint density at radius 3 is 1.88 bits per heavy atom. The minimum absolute atomic E-state index is 0.368. The first kappa shape index (κ1) is 25.9. The van der Waals surface area contributed by atoms with E-state index in [0.29, 0.717) is 13.7 Å². The second-order valence-corrected chi connectivity index (χ2v) is 7.05. The normalized spacial score (nSPS) is 25.6. The zero-order valence-corrected chi connectivity index (χ0v) is 17.4. The lowest BCUT2D eigenvalue weighted by Crippen LogP contribution is -2.64. The Morgan fingerprint density at radius 2 is 1.44 bits per heavy atom. The van der Waals surface area contributed by atoms with Crippen LogP contribution < -0.4 is 22.4 Å². The lowest BCUT2D eigenvalue weighted by molar-refractivity contribution is -0.270. The summed E-state index contributed by atoms with van der Waals surface area (Å²) in [5.74, 6) is -0.555. The SMILES string of the molecule is CC(=O)N[C@H]1[C@H](OCCn2c(=O)n(CCO)c(=O)n(CCO)c2=O)O[C@H](CO)[C@@H](O)[C@@H]1O. The van der Waals surface area contributed by atoms with Crippen LogP contribution in [0.2, 0.25) is 0 Å². The van der Waals surface area contributed by atoms with Crippen molar-refractivity contribution in [3.63, 3.8) is 0 Å². The third-order valence-electron chi connectivity index (χ3n) is 4.88. The topological polar surface area (TPSA) is 215 Å². The number of rotatable bonds is 10. The molecule has 2 rings (SSSR count). The van der Waals surface area contributed by atoms with Crippen molar-refractivity contribution in [2.75, 3.05) is 26.4 Å². The highest BCUT2D eigenvalue weighted by atomic mass is 16.7. The summed E-state index contributed by atoms with van der Waals surface area (Å²) >= 11 is 0. The van der Waals surface area contributed by atoms with Crippen molar-refractivity contribution in [3.8, 4) is 0 Å². The van der Waals surface area contributed by atoms with Gasteiger partial charge in [-0.1, -0.05) is 0 Å². The molecule has 15 nitrogen and oxygen atoms in total. The molecule has 0 saturated carbocycles. The van der Waals surface area contributed by atoms with Crippen LogP contribution in [0, 0.1) is 0 Å². The van der Waals surface area contributed by atoms with Crippen LogP contribution in [0.1, 0.15) is 6.92 Å². The summed E-state index contributed by atoms with van der Waals surface area (Å²) in [5, 5.41) is 50.2. The van der Waals surface area contributed by atoms with E-state index in [1.165, 1.54) is 6.92 Å². The fraction of sp³-hybridized carbons (Fsp3) is 0.765. The van der Waals surface area contributed by atoms with E-state index in [1.807, 2.05) is 0 Å². The molecule has 0 unspecified atom stereocenters. The molecule has 1 aliphatic heterocycles. The number of aliphatic hydroxyl groups is 5. The van der Waals surface area contributed by atoms with Gasteiger partial charge in [-0.05, 0) is 0 Å². The van der Waals surface area contributed by atoms with Crippen LogP contribution in [-0.4, -0.2) is 102 Å². The van der Waals surface area contributed by atoms with Gasteiger partial charge in [0.2, 0.25) is 5.91 Å². The van der Waals surface area contributed by atoms with Gasteiger partial charge < -0.3 is 40.3 Å². The van der Waals surface area contributed by atoms with Gasteiger partial charge in [-0.3, -0.25) is 4.79 Å². The number of carbonyl (C=O) groups excluding carboxylic acids is 1. The number of carbonyl (C=O) groups is 1. The van der Waals surface area contributed by atoms with Gasteiger partial charge in [0.15, 0.2) is 6.29 Å². The molecule has 6 N–H and O–H groups in total. The standard InChI is InChI=1S/C17H28N4O11/c1-9(25)18-11-13(27)12(26)10(8-24)32-14(11)31-7-4-21-16(29)19(2-5-22)15(28)20(3-6-23)17(21)30/h10-14,22-24,26-27H,2-8H2,1H3,(H,18,25)/t10-,11-,12-,13-,14-/m1/s1. The molecule has 1 aliphatic rings. The first-order chi connectivity index (χ1) is 15.2. The number of hydrogen-bond acceptors (Lipinski definition) is 11. The highest BCUT2D eigenvalue weighted by Gasteiger charge is 2.45. The number of aliphatic hydroxyl groups excluding tert-OH is 5. The van der Waals surface area contributed by atoms with E-state index in [2.05, 4.69) is 5.32 Å². The Balaban J connectivity index is 2.27. The molecule has 0 spiro atoms. The fourth-order valence-corrected chi connectivity index (χ4v) is 3.33. The molecule has 5 atom stereocenters. The van der Waals surface area contributed by atoms with Crippen molar-refractivity contribution >= 4 is 5.91 Å².